The second kappa shape index (κ2) is 9.62. The lowest BCUT2D eigenvalue weighted by molar-refractivity contribution is 0.717. The van der Waals surface area contributed by atoms with Crippen LogP contribution in [-0.2, 0) is 12.3 Å². The third-order valence-electron chi connectivity index (χ3n) is 4.64. The molecule has 0 aliphatic heterocycles. The van der Waals surface area contributed by atoms with Crippen LogP contribution >= 0.6 is 11.6 Å². The number of nitrogens with zero attached hydrogens (tertiary/aromatic N) is 1. The summed E-state index contributed by atoms with van der Waals surface area (Å²) in [6.07, 6.45) is 9.01. The van der Waals surface area contributed by atoms with Gasteiger partial charge in [-0.05, 0) is 54.0 Å². The zero-order valence-electron chi connectivity index (χ0n) is 15.6. The van der Waals surface area contributed by atoms with Crippen molar-refractivity contribution in [1.82, 2.24) is 4.98 Å². The molecule has 2 N–H and O–H groups in total. The number of allylic oxidation sites excluding steroid dienone is 1. The molecule has 0 aliphatic carbocycles. The zero-order chi connectivity index (χ0) is 18.2. The molecular weight excluding hydrogens is 328 g/mol. The summed E-state index contributed by atoms with van der Waals surface area (Å²) >= 11 is 5.86. The number of pyridine rings is 1. The normalized spacial score (nSPS) is 12.6. The Balaban J connectivity index is 2.13. The second-order valence-electron chi connectivity index (χ2n) is 6.69. The molecule has 0 radical (unpaired) electrons. The standard InChI is InChI=1S/C22H29ClN2/c1-4-5-6-7-21-14-20(17(3)25-22(21)24)11-8-16(2)19-12-9-18(15-23)10-13-19/h8-14,16H,4-7,15H2,1-3H3,(H2,24,25)/b11-8+. The van der Waals surface area contributed by atoms with Crippen molar-refractivity contribution in [3.05, 3.63) is 64.4 Å². The van der Waals surface area contributed by atoms with Crippen molar-refractivity contribution >= 4 is 23.5 Å². The number of nitrogens with two attached hydrogens (primary N) is 1. The molecule has 2 rings (SSSR count). The number of anilines is 1. The first-order valence-corrected chi connectivity index (χ1v) is 9.67. The summed E-state index contributed by atoms with van der Waals surface area (Å²) in [6, 6.07) is 10.7. The van der Waals surface area contributed by atoms with E-state index in [0.717, 1.165) is 35.2 Å². The Hall–Kier alpha value is -1.80. The highest BCUT2D eigenvalue weighted by Gasteiger charge is 2.07. The van der Waals surface area contributed by atoms with Crippen LogP contribution in [-0.4, -0.2) is 4.98 Å². The number of halogens is 1. The summed E-state index contributed by atoms with van der Waals surface area (Å²) < 4.78 is 0. The molecule has 2 nitrogen and oxygen atoms in total. The summed E-state index contributed by atoms with van der Waals surface area (Å²) in [4.78, 5) is 4.54. The minimum absolute atomic E-state index is 0.338. The van der Waals surface area contributed by atoms with Crippen LogP contribution in [0.25, 0.3) is 6.08 Å². The Morgan fingerprint density at radius 3 is 2.56 bits per heavy atom. The summed E-state index contributed by atoms with van der Waals surface area (Å²) in [5.41, 5.74) is 11.8. The van der Waals surface area contributed by atoms with Gasteiger partial charge in [-0.25, -0.2) is 4.98 Å². The zero-order valence-corrected chi connectivity index (χ0v) is 16.3. The van der Waals surface area contributed by atoms with Crippen LogP contribution in [0.4, 0.5) is 5.82 Å². The number of rotatable bonds is 8. The average molecular weight is 357 g/mol. The molecule has 1 heterocycles. The molecule has 1 atom stereocenters. The van der Waals surface area contributed by atoms with Gasteiger partial charge in [0.1, 0.15) is 5.82 Å². The first kappa shape index (κ1) is 19.5. The van der Waals surface area contributed by atoms with Gasteiger partial charge in [-0.3, -0.25) is 0 Å². The molecule has 0 amide bonds. The fourth-order valence-corrected chi connectivity index (χ4v) is 3.07. The van der Waals surface area contributed by atoms with E-state index in [2.05, 4.69) is 61.3 Å². The lowest BCUT2D eigenvalue weighted by atomic mass is 9.98. The maximum atomic E-state index is 6.10. The number of alkyl halides is 1. The predicted octanol–water partition coefficient (Wildman–Crippen LogP) is 6.26. The van der Waals surface area contributed by atoms with Crippen LogP contribution in [0.2, 0.25) is 0 Å². The molecule has 2 aromatic rings. The van der Waals surface area contributed by atoms with E-state index in [1.54, 1.807) is 0 Å². The second-order valence-corrected chi connectivity index (χ2v) is 6.95. The maximum Gasteiger partial charge on any atom is 0.126 e. The molecule has 0 spiro atoms. The van der Waals surface area contributed by atoms with Crippen molar-refractivity contribution in [2.45, 2.75) is 58.3 Å². The van der Waals surface area contributed by atoms with Gasteiger partial charge in [-0.2, -0.15) is 0 Å². The highest BCUT2D eigenvalue weighted by atomic mass is 35.5. The summed E-state index contributed by atoms with van der Waals surface area (Å²) in [7, 11) is 0. The van der Waals surface area contributed by atoms with Crippen LogP contribution in [0.5, 0.6) is 0 Å². The van der Waals surface area contributed by atoms with Crippen molar-refractivity contribution in [2.24, 2.45) is 0 Å². The third-order valence-corrected chi connectivity index (χ3v) is 4.95. The number of aromatic nitrogens is 1. The number of aryl methyl sites for hydroxylation is 2. The molecule has 1 aromatic carbocycles. The van der Waals surface area contributed by atoms with E-state index in [1.165, 1.54) is 18.4 Å². The fraction of sp³-hybridized carbons (Fsp3) is 0.409. The van der Waals surface area contributed by atoms with E-state index < -0.39 is 0 Å². The lowest BCUT2D eigenvalue weighted by Gasteiger charge is -2.10. The summed E-state index contributed by atoms with van der Waals surface area (Å²) in [5, 5.41) is 0. The quantitative estimate of drug-likeness (QED) is 0.447. The summed E-state index contributed by atoms with van der Waals surface area (Å²) in [5.74, 6) is 1.57. The topological polar surface area (TPSA) is 38.9 Å². The van der Waals surface area contributed by atoms with Gasteiger partial charge in [0.05, 0.1) is 0 Å². The van der Waals surface area contributed by atoms with E-state index in [9.17, 15) is 0 Å². The van der Waals surface area contributed by atoms with Crippen molar-refractivity contribution < 1.29 is 0 Å². The van der Waals surface area contributed by atoms with Crippen LogP contribution in [0, 0.1) is 6.92 Å². The van der Waals surface area contributed by atoms with Crippen LogP contribution in [0.15, 0.2) is 36.4 Å². The van der Waals surface area contributed by atoms with E-state index in [0.29, 0.717) is 17.6 Å². The summed E-state index contributed by atoms with van der Waals surface area (Å²) in [6.45, 7) is 6.44. The average Bonchev–Trinajstić information content (AvgIpc) is 2.62. The van der Waals surface area contributed by atoms with Crippen molar-refractivity contribution in [2.75, 3.05) is 5.73 Å². The highest BCUT2D eigenvalue weighted by Crippen LogP contribution is 2.22. The molecule has 1 unspecified atom stereocenters. The van der Waals surface area contributed by atoms with Crippen LogP contribution < -0.4 is 5.73 Å². The van der Waals surface area contributed by atoms with Gasteiger partial charge in [-0.1, -0.05) is 63.1 Å². The van der Waals surface area contributed by atoms with Gasteiger partial charge >= 0.3 is 0 Å². The first-order valence-electron chi connectivity index (χ1n) is 9.14. The third kappa shape index (κ3) is 5.61. The molecule has 0 saturated carbocycles. The lowest BCUT2D eigenvalue weighted by Crippen LogP contribution is -2.02. The van der Waals surface area contributed by atoms with E-state index in [-0.39, 0.29) is 0 Å². The smallest absolute Gasteiger partial charge is 0.126 e. The minimum Gasteiger partial charge on any atom is -0.383 e. The maximum absolute atomic E-state index is 6.10. The van der Waals surface area contributed by atoms with Gasteiger partial charge < -0.3 is 5.73 Å². The Morgan fingerprint density at radius 2 is 1.92 bits per heavy atom. The Kier molecular flexibility index (Phi) is 7.52. The molecular formula is C22H29ClN2. The first-order chi connectivity index (χ1) is 12.0. The fourth-order valence-electron chi connectivity index (χ4n) is 2.89. The van der Waals surface area contributed by atoms with Crippen molar-refractivity contribution in [1.29, 1.82) is 0 Å². The molecule has 0 bridgehead atoms. The van der Waals surface area contributed by atoms with Crippen molar-refractivity contribution in [3.63, 3.8) is 0 Å². The number of unbranched alkanes of at least 4 members (excludes halogenated alkanes) is 2. The molecule has 1 aromatic heterocycles. The van der Waals surface area contributed by atoms with Crippen LogP contribution in [0.1, 0.15) is 67.0 Å². The Bertz CT molecular complexity index is 705. The number of hydrogen-bond acceptors (Lipinski definition) is 2. The van der Waals surface area contributed by atoms with Gasteiger partial charge in [0, 0.05) is 11.6 Å². The van der Waals surface area contributed by atoms with Gasteiger partial charge in [-0.15, -0.1) is 11.6 Å². The van der Waals surface area contributed by atoms with Gasteiger partial charge in [0.15, 0.2) is 0 Å². The molecule has 0 aliphatic rings. The predicted molar refractivity (Wildman–Crippen MR) is 110 cm³/mol. The molecule has 0 fully saturated rings. The SMILES string of the molecule is CCCCCc1cc(/C=C/C(C)c2ccc(CCl)cc2)c(C)nc1N. The van der Waals surface area contributed by atoms with E-state index in [1.807, 2.05) is 6.92 Å². The Labute approximate surface area is 157 Å². The van der Waals surface area contributed by atoms with Crippen molar-refractivity contribution in [3.8, 4) is 0 Å². The number of benzene rings is 1. The molecule has 134 valence electrons. The van der Waals surface area contributed by atoms with Gasteiger partial charge in [0.2, 0.25) is 0 Å². The van der Waals surface area contributed by atoms with Gasteiger partial charge in [0.25, 0.3) is 0 Å². The Morgan fingerprint density at radius 1 is 1.20 bits per heavy atom. The highest BCUT2D eigenvalue weighted by molar-refractivity contribution is 6.17. The molecule has 3 heteroatoms. The van der Waals surface area contributed by atoms with Crippen LogP contribution in [0.3, 0.4) is 0 Å². The molecule has 0 saturated heterocycles. The number of nitrogen functional groups attached to an aromatic ring is 1. The van der Waals surface area contributed by atoms with E-state index >= 15 is 0 Å². The molecule has 25 heavy (non-hydrogen) atoms. The number of hydrogen-bond donors (Lipinski definition) is 1. The minimum atomic E-state index is 0.338. The largest absolute Gasteiger partial charge is 0.383 e. The monoisotopic (exact) mass is 356 g/mol. The van der Waals surface area contributed by atoms with E-state index in [4.69, 9.17) is 17.3 Å².